The first kappa shape index (κ1) is 26.3. The molecule has 3 aromatic carbocycles. The Hall–Kier alpha value is -5.31. The van der Waals surface area contributed by atoms with E-state index in [0.717, 1.165) is 39.6 Å². The van der Waals surface area contributed by atoms with Gasteiger partial charge in [-0.3, -0.25) is 4.79 Å². The maximum atomic E-state index is 13.8. The summed E-state index contributed by atoms with van der Waals surface area (Å²) in [6.45, 7) is 0.269. The van der Waals surface area contributed by atoms with Crippen LogP contribution in [0.1, 0.15) is 40.1 Å². The van der Waals surface area contributed by atoms with Gasteiger partial charge in [-0.1, -0.05) is 30.3 Å². The molecule has 44 heavy (non-hydrogen) atoms. The van der Waals surface area contributed by atoms with Crippen molar-refractivity contribution in [2.45, 2.75) is 24.4 Å². The van der Waals surface area contributed by atoms with Gasteiger partial charge in [0.1, 0.15) is 35.3 Å². The van der Waals surface area contributed by atoms with Crippen LogP contribution in [-0.4, -0.2) is 40.0 Å². The number of carbonyl (C=O) groups is 1. The number of halogens is 2. The topological polar surface area (TPSA) is 98.4 Å². The van der Waals surface area contributed by atoms with Crippen molar-refractivity contribution >= 4 is 22.7 Å². The zero-order valence-electron chi connectivity index (χ0n) is 23.4. The molecule has 6 aromatic rings. The zero-order valence-corrected chi connectivity index (χ0v) is 23.4. The Morgan fingerprint density at radius 3 is 2.41 bits per heavy atom. The predicted octanol–water partition coefficient (Wildman–Crippen LogP) is 7.60. The minimum absolute atomic E-state index is 0.134. The molecule has 2 atom stereocenters. The van der Waals surface area contributed by atoms with Crippen molar-refractivity contribution in [3.63, 3.8) is 0 Å². The number of anilines is 1. The molecule has 1 amide bonds. The molecule has 2 fully saturated rings. The van der Waals surface area contributed by atoms with E-state index in [9.17, 15) is 13.6 Å². The molecule has 0 unspecified atom stereocenters. The summed E-state index contributed by atoms with van der Waals surface area (Å²) in [6.07, 6.45) is 3.39. The minimum Gasteiger partial charge on any atom is -0.454 e. The monoisotopic (exact) mass is 588 g/mol. The summed E-state index contributed by atoms with van der Waals surface area (Å²) < 4.78 is 39.4. The van der Waals surface area contributed by atoms with Crippen LogP contribution in [0.3, 0.4) is 0 Å². The molecule has 218 valence electrons. The van der Waals surface area contributed by atoms with E-state index in [1.807, 2.05) is 36.4 Å². The number of alkyl halides is 1. The number of aromatic nitrogens is 2. The lowest BCUT2D eigenvalue weighted by Gasteiger charge is -2.34. The van der Waals surface area contributed by atoms with E-state index < -0.39 is 6.17 Å². The maximum Gasteiger partial charge on any atom is 0.254 e. The Labute approximate surface area is 251 Å². The number of rotatable bonds is 6. The molecule has 0 bridgehead atoms. The van der Waals surface area contributed by atoms with Crippen molar-refractivity contribution in [1.82, 2.24) is 14.9 Å². The van der Waals surface area contributed by atoms with Gasteiger partial charge in [-0.05, 0) is 83.1 Å². The van der Waals surface area contributed by atoms with Crippen molar-refractivity contribution in [2.24, 2.45) is 0 Å². The largest absolute Gasteiger partial charge is 0.454 e. The standard InChI is InChI=1S/C35H26F2N4O3/c36-25-8-5-20(6-9-25)28-12-23(19-1-3-21(4-2-19)35(42)41-16-26(37)17-41)11-24-13-31(44-33(24)28)30-18-43-34(40-30)29-14-27(29)22-7-10-32(38)39-15-22/h1-13,15,18,26-27,29H,14,16-17H2,(H2,38,39)/t27-,29+/m1/s1. The van der Waals surface area contributed by atoms with Gasteiger partial charge in [-0.15, -0.1) is 0 Å². The van der Waals surface area contributed by atoms with E-state index in [4.69, 9.17) is 19.6 Å². The number of benzene rings is 3. The summed E-state index contributed by atoms with van der Waals surface area (Å²) in [5.41, 5.74) is 12.0. The number of carbonyl (C=O) groups excluding carboxylic acids is 1. The van der Waals surface area contributed by atoms with E-state index in [2.05, 4.69) is 4.98 Å². The van der Waals surface area contributed by atoms with Crippen molar-refractivity contribution < 1.29 is 22.4 Å². The van der Waals surface area contributed by atoms with E-state index in [0.29, 0.717) is 34.3 Å². The first-order valence-corrected chi connectivity index (χ1v) is 14.4. The molecular formula is C35H26F2N4O3. The maximum absolute atomic E-state index is 13.8. The first-order chi connectivity index (χ1) is 21.4. The first-order valence-electron chi connectivity index (χ1n) is 14.4. The summed E-state index contributed by atoms with van der Waals surface area (Å²) in [7, 11) is 0. The number of furan rings is 1. The number of likely N-dealkylation sites (tertiary alicyclic amines) is 1. The quantitative estimate of drug-likeness (QED) is 0.215. The highest BCUT2D eigenvalue weighted by Crippen LogP contribution is 2.54. The Balaban J connectivity index is 1.13. The Morgan fingerprint density at radius 1 is 0.909 bits per heavy atom. The highest BCUT2D eigenvalue weighted by molar-refractivity contribution is 5.99. The van der Waals surface area contributed by atoms with Gasteiger partial charge in [0.25, 0.3) is 5.91 Å². The molecule has 0 radical (unpaired) electrons. The van der Waals surface area contributed by atoms with E-state index in [-0.39, 0.29) is 36.6 Å². The van der Waals surface area contributed by atoms with Gasteiger partial charge in [0.05, 0.1) is 13.1 Å². The molecule has 3 aromatic heterocycles. The molecule has 1 saturated carbocycles. The number of nitrogens with two attached hydrogens (primary N) is 1. The molecule has 9 heteroatoms. The second-order valence-electron chi connectivity index (χ2n) is 11.5. The fraction of sp³-hybridized carbons (Fsp3) is 0.171. The summed E-state index contributed by atoms with van der Waals surface area (Å²) in [6, 6.07) is 23.3. The molecule has 4 heterocycles. The van der Waals surface area contributed by atoms with E-state index in [1.165, 1.54) is 17.0 Å². The van der Waals surface area contributed by atoms with Crippen LogP contribution in [0, 0.1) is 5.82 Å². The summed E-state index contributed by atoms with van der Waals surface area (Å²) in [5.74, 6) is 1.64. The van der Waals surface area contributed by atoms with Crippen LogP contribution in [0.25, 0.3) is 44.7 Å². The summed E-state index contributed by atoms with van der Waals surface area (Å²) >= 11 is 0. The number of nitrogens with zero attached hydrogens (tertiary/aromatic N) is 3. The summed E-state index contributed by atoms with van der Waals surface area (Å²) in [5, 5.41) is 0.841. The van der Waals surface area contributed by atoms with Gasteiger partial charge in [0, 0.05) is 28.6 Å². The van der Waals surface area contributed by atoms with Gasteiger partial charge < -0.3 is 19.5 Å². The van der Waals surface area contributed by atoms with Crippen molar-refractivity contribution in [1.29, 1.82) is 0 Å². The number of hydrogen-bond donors (Lipinski definition) is 1. The fourth-order valence-electron chi connectivity index (χ4n) is 5.91. The molecular weight excluding hydrogens is 562 g/mol. The predicted molar refractivity (Wildman–Crippen MR) is 162 cm³/mol. The molecule has 0 spiro atoms. The number of nitrogen functional groups attached to an aromatic ring is 1. The summed E-state index contributed by atoms with van der Waals surface area (Å²) in [4.78, 5) is 23.1. The third-order valence-corrected chi connectivity index (χ3v) is 8.48. The third-order valence-electron chi connectivity index (χ3n) is 8.48. The minimum atomic E-state index is -0.948. The van der Waals surface area contributed by atoms with Gasteiger partial charge in [0.15, 0.2) is 11.7 Å². The van der Waals surface area contributed by atoms with E-state index in [1.54, 1.807) is 42.8 Å². The van der Waals surface area contributed by atoms with Gasteiger partial charge >= 0.3 is 0 Å². The molecule has 7 nitrogen and oxygen atoms in total. The van der Waals surface area contributed by atoms with Crippen LogP contribution in [0.15, 0.2) is 100 Å². The van der Waals surface area contributed by atoms with Gasteiger partial charge in [-0.25, -0.2) is 18.7 Å². The average Bonchev–Trinajstić information content (AvgIpc) is 3.45. The third kappa shape index (κ3) is 4.70. The van der Waals surface area contributed by atoms with Gasteiger partial charge in [0.2, 0.25) is 0 Å². The molecule has 1 saturated heterocycles. The second kappa shape index (κ2) is 10.2. The van der Waals surface area contributed by atoms with Crippen LogP contribution in [0.4, 0.5) is 14.6 Å². The van der Waals surface area contributed by atoms with Crippen LogP contribution < -0.4 is 5.73 Å². The lowest BCUT2D eigenvalue weighted by molar-refractivity contribution is 0.0400. The van der Waals surface area contributed by atoms with Gasteiger partial charge in [-0.2, -0.15) is 0 Å². The lowest BCUT2D eigenvalue weighted by atomic mass is 9.96. The van der Waals surface area contributed by atoms with Crippen molar-refractivity contribution in [3.05, 3.63) is 114 Å². The second-order valence-corrected chi connectivity index (χ2v) is 11.5. The lowest BCUT2D eigenvalue weighted by Crippen LogP contribution is -2.51. The van der Waals surface area contributed by atoms with Crippen molar-refractivity contribution in [3.8, 4) is 33.7 Å². The number of fused-ring (bicyclic) bond motifs is 1. The molecule has 8 rings (SSSR count). The molecule has 2 N–H and O–H groups in total. The van der Waals surface area contributed by atoms with Crippen LogP contribution in [-0.2, 0) is 0 Å². The van der Waals surface area contributed by atoms with Crippen LogP contribution in [0.2, 0.25) is 0 Å². The molecule has 1 aliphatic carbocycles. The SMILES string of the molecule is Nc1ccc([C@H]2C[C@@H]2c2nc(-c3cc4cc(-c5ccc(C(=O)N6CC(F)C6)cc5)cc(-c5ccc(F)cc5)c4o3)co2)cn1. The number of amides is 1. The normalized spacial score (nSPS) is 18.0. The number of hydrogen-bond acceptors (Lipinski definition) is 6. The Morgan fingerprint density at radius 2 is 1.68 bits per heavy atom. The zero-order chi connectivity index (χ0) is 29.9. The average molecular weight is 589 g/mol. The fourth-order valence-corrected chi connectivity index (χ4v) is 5.91. The Bertz CT molecular complexity index is 2010. The molecule has 1 aliphatic heterocycles. The molecule has 2 aliphatic rings. The smallest absolute Gasteiger partial charge is 0.254 e. The Kier molecular flexibility index (Phi) is 6.08. The van der Waals surface area contributed by atoms with Crippen LogP contribution in [0.5, 0.6) is 0 Å². The number of pyridine rings is 1. The van der Waals surface area contributed by atoms with Crippen molar-refractivity contribution in [2.75, 3.05) is 18.8 Å². The van der Waals surface area contributed by atoms with Crippen LogP contribution >= 0.6 is 0 Å². The highest BCUT2D eigenvalue weighted by atomic mass is 19.1. The number of oxazole rings is 1. The van der Waals surface area contributed by atoms with E-state index >= 15 is 0 Å². The highest BCUT2D eigenvalue weighted by Gasteiger charge is 2.43.